The van der Waals surface area contributed by atoms with Gasteiger partial charge in [0, 0.05) is 17.9 Å². The summed E-state index contributed by atoms with van der Waals surface area (Å²) >= 11 is 5.96. The second-order valence-corrected chi connectivity index (χ2v) is 7.38. The first-order chi connectivity index (χ1) is 12.5. The Labute approximate surface area is 156 Å². The molecule has 0 radical (unpaired) electrons. The van der Waals surface area contributed by atoms with Crippen LogP contribution in [0.1, 0.15) is 24.2 Å². The first-order valence-electron chi connectivity index (χ1n) is 8.92. The van der Waals surface area contributed by atoms with Crippen LogP contribution in [-0.4, -0.2) is 18.2 Å². The summed E-state index contributed by atoms with van der Waals surface area (Å²) < 4.78 is 6.07. The maximum atomic E-state index is 13.2. The lowest BCUT2D eigenvalue weighted by atomic mass is 10.0. The molecular formula is C21H21ClNO3+. The van der Waals surface area contributed by atoms with Gasteiger partial charge in [0.2, 0.25) is 5.43 Å². The fourth-order valence-corrected chi connectivity index (χ4v) is 3.96. The molecule has 4 nitrogen and oxygen atoms in total. The molecule has 26 heavy (non-hydrogen) atoms. The number of phenols is 1. The Hall–Kier alpha value is -2.30. The standard InChI is InChI=1S/C21H20ClNO3/c1-13-19(14-4-6-15(22)7-5-14)20(25)16-8-9-18(24)17(21(16)26-13)12-23-10-2-3-11-23/h4-9,24H,2-3,10-12H2,1H3/p+1. The number of benzene rings is 2. The molecule has 0 unspecified atom stereocenters. The molecule has 1 aliphatic heterocycles. The lowest BCUT2D eigenvalue weighted by Gasteiger charge is -2.15. The number of quaternary nitrogens is 1. The minimum absolute atomic E-state index is 0.0799. The molecule has 0 bridgehead atoms. The molecule has 2 N–H and O–H groups in total. The summed E-state index contributed by atoms with van der Waals surface area (Å²) in [5.74, 6) is 0.742. The summed E-state index contributed by atoms with van der Waals surface area (Å²) in [5.41, 5.74) is 2.47. The van der Waals surface area contributed by atoms with Gasteiger partial charge in [0.15, 0.2) is 5.58 Å². The number of halogens is 1. The normalized spacial score (nSPS) is 15.0. The van der Waals surface area contributed by atoms with Crippen LogP contribution >= 0.6 is 11.6 Å². The van der Waals surface area contributed by atoms with Crippen molar-refractivity contribution in [3.63, 3.8) is 0 Å². The van der Waals surface area contributed by atoms with Crippen LogP contribution in [0.3, 0.4) is 0 Å². The Bertz CT molecular complexity index is 1020. The van der Waals surface area contributed by atoms with E-state index in [4.69, 9.17) is 16.0 Å². The van der Waals surface area contributed by atoms with Crippen molar-refractivity contribution in [3.05, 3.63) is 63.0 Å². The average molecular weight is 371 g/mol. The molecule has 1 saturated heterocycles. The highest BCUT2D eigenvalue weighted by molar-refractivity contribution is 6.30. The molecule has 0 amide bonds. The van der Waals surface area contributed by atoms with Crippen LogP contribution in [0, 0.1) is 6.92 Å². The fraction of sp³-hybridized carbons (Fsp3) is 0.286. The maximum Gasteiger partial charge on any atom is 0.200 e. The van der Waals surface area contributed by atoms with Crippen LogP contribution in [0.2, 0.25) is 5.02 Å². The van der Waals surface area contributed by atoms with Gasteiger partial charge in [0.05, 0.1) is 29.6 Å². The van der Waals surface area contributed by atoms with Gasteiger partial charge in [-0.2, -0.15) is 0 Å². The molecule has 2 aromatic carbocycles. The van der Waals surface area contributed by atoms with E-state index in [0.717, 1.165) is 24.2 Å². The molecule has 0 spiro atoms. The lowest BCUT2D eigenvalue weighted by molar-refractivity contribution is -0.901. The number of fused-ring (bicyclic) bond motifs is 1. The summed E-state index contributed by atoms with van der Waals surface area (Å²) in [6.07, 6.45) is 2.40. The van der Waals surface area contributed by atoms with Crippen LogP contribution in [0.4, 0.5) is 0 Å². The second kappa shape index (κ2) is 6.78. The Morgan fingerprint density at radius 1 is 1.12 bits per heavy atom. The third kappa shape index (κ3) is 3.00. The molecule has 1 aliphatic rings. The Morgan fingerprint density at radius 3 is 2.50 bits per heavy atom. The van der Waals surface area contributed by atoms with E-state index in [2.05, 4.69) is 0 Å². The van der Waals surface area contributed by atoms with Gasteiger partial charge in [-0.3, -0.25) is 4.79 Å². The van der Waals surface area contributed by atoms with Crippen molar-refractivity contribution < 1.29 is 14.4 Å². The predicted molar refractivity (Wildman–Crippen MR) is 103 cm³/mol. The van der Waals surface area contributed by atoms with Crippen LogP contribution in [0.15, 0.2) is 45.6 Å². The Morgan fingerprint density at radius 2 is 1.81 bits per heavy atom. The van der Waals surface area contributed by atoms with Gasteiger partial charge in [-0.1, -0.05) is 23.7 Å². The number of hydrogen-bond donors (Lipinski definition) is 2. The monoisotopic (exact) mass is 370 g/mol. The van der Waals surface area contributed by atoms with Crippen molar-refractivity contribution in [2.45, 2.75) is 26.3 Å². The van der Waals surface area contributed by atoms with Crippen molar-refractivity contribution in [2.24, 2.45) is 0 Å². The van der Waals surface area contributed by atoms with E-state index in [9.17, 15) is 9.90 Å². The summed E-state index contributed by atoms with van der Waals surface area (Å²) in [6.45, 7) is 4.64. The van der Waals surface area contributed by atoms with Crippen molar-refractivity contribution >= 4 is 22.6 Å². The predicted octanol–water partition coefficient (Wildman–Crippen LogP) is 3.31. The zero-order chi connectivity index (χ0) is 18.3. The van der Waals surface area contributed by atoms with E-state index in [1.165, 1.54) is 17.7 Å². The van der Waals surface area contributed by atoms with E-state index in [1.807, 2.05) is 12.1 Å². The molecular weight excluding hydrogens is 350 g/mol. The van der Waals surface area contributed by atoms with E-state index >= 15 is 0 Å². The summed E-state index contributed by atoms with van der Waals surface area (Å²) in [6, 6.07) is 10.4. The molecule has 0 atom stereocenters. The minimum Gasteiger partial charge on any atom is -0.507 e. The van der Waals surface area contributed by atoms with Crippen LogP contribution < -0.4 is 10.3 Å². The molecule has 5 heteroatoms. The van der Waals surface area contributed by atoms with Gasteiger partial charge >= 0.3 is 0 Å². The zero-order valence-electron chi connectivity index (χ0n) is 14.6. The third-order valence-electron chi connectivity index (χ3n) is 5.19. The van der Waals surface area contributed by atoms with Crippen molar-refractivity contribution in [1.82, 2.24) is 0 Å². The molecule has 1 aromatic heterocycles. The Kier molecular flexibility index (Phi) is 4.47. The van der Waals surface area contributed by atoms with E-state index in [-0.39, 0.29) is 11.2 Å². The van der Waals surface area contributed by atoms with E-state index in [1.54, 1.807) is 31.2 Å². The quantitative estimate of drug-likeness (QED) is 0.743. The average Bonchev–Trinajstić information content (AvgIpc) is 3.12. The van der Waals surface area contributed by atoms with Crippen molar-refractivity contribution in [1.29, 1.82) is 0 Å². The highest BCUT2D eigenvalue weighted by atomic mass is 35.5. The fourth-order valence-electron chi connectivity index (χ4n) is 3.84. The molecule has 4 rings (SSSR count). The summed E-state index contributed by atoms with van der Waals surface area (Å²) in [5, 5.41) is 11.5. The molecule has 0 aliphatic carbocycles. The number of hydrogen-bond acceptors (Lipinski definition) is 3. The lowest BCUT2D eigenvalue weighted by Crippen LogP contribution is -3.08. The van der Waals surface area contributed by atoms with E-state index in [0.29, 0.717) is 33.9 Å². The molecule has 1 fully saturated rings. The number of rotatable bonds is 3. The van der Waals surface area contributed by atoms with Gasteiger partial charge in [0.25, 0.3) is 0 Å². The largest absolute Gasteiger partial charge is 0.507 e. The van der Waals surface area contributed by atoms with Crippen LogP contribution in [0.5, 0.6) is 5.75 Å². The van der Waals surface area contributed by atoms with Gasteiger partial charge in [0.1, 0.15) is 18.1 Å². The summed E-state index contributed by atoms with van der Waals surface area (Å²) in [4.78, 5) is 14.6. The van der Waals surface area contributed by atoms with Crippen molar-refractivity contribution in [2.75, 3.05) is 13.1 Å². The second-order valence-electron chi connectivity index (χ2n) is 6.94. The minimum atomic E-state index is -0.0799. The maximum absolute atomic E-state index is 13.2. The molecule has 0 saturated carbocycles. The van der Waals surface area contributed by atoms with Crippen LogP contribution in [-0.2, 0) is 6.54 Å². The van der Waals surface area contributed by atoms with E-state index < -0.39 is 0 Å². The van der Waals surface area contributed by atoms with Gasteiger partial charge in [-0.15, -0.1) is 0 Å². The topological polar surface area (TPSA) is 54.9 Å². The molecule has 2 heterocycles. The number of nitrogens with one attached hydrogen (secondary N) is 1. The van der Waals surface area contributed by atoms with Crippen molar-refractivity contribution in [3.8, 4) is 16.9 Å². The van der Waals surface area contributed by atoms with Crippen LogP contribution in [0.25, 0.3) is 22.1 Å². The number of phenolic OH excluding ortho intramolecular Hbond substituents is 1. The highest BCUT2D eigenvalue weighted by Gasteiger charge is 2.23. The van der Waals surface area contributed by atoms with Gasteiger partial charge in [-0.25, -0.2) is 0 Å². The summed E-state index contributed by atoms with van der Waals surface area (Å²) in [7, 11) is 0. The Balaban J connectivity index is 1.89. The third-order valence-corrected chi connectivity index (χ3v) is 5.44. The SMILES string of the molecule is Cc1oc2c(C[NH+]3CCCC3)c(O)ccc2c(=O)c1-c1ccc(Cl)cc1. The zero-order valence-corrected chi connectivity index (χ0v) is 15.4. The van der Waals surface area contributed by atoms with Gasteiger partial charge < -0.3 is 14.4 Å². The molecule has 3 aromatic rings. The number of aromatic hydroxyl groups is 1. The highest BCUT2D eigenvalue weighted by Crippen LogP contribution is 2.30. The van der Waals surface area contributed by atoms with Gasteiger partial charge in [-0.05, 0) is 36.8 Å². The molecule has 134 valence electrons. The first-order valence-corrected chi connectivity index (χ1v) is 9.30. The number of likely N-dealkylation sites (tertiary alicyclic amines) is 1. The first kappa shape index (κ1) is 17.1. The smallest absolute Gasteiger partial charge is 0.200 e. The number of aryl methyl sites for hydroxylation is 1.